The van der Waals surface area contributed by atoms with Crippen molar-refractivity contribution in [3.05, 3.63) is 41.2 Å². The monoisotopic (exact) mass is 292 g/mol. The van der Waals surface area contributed by atoms with Gasteiger partial charge in [-0.05, 0) is 11.6 Å². The van der Waals surface area contributed by atoms with E-state index in [1.54, 1.807) is 17.4 Å². The van der Waals surface area contributed by atoms with Crippen LogP contribution in [-0.4, -0.2) is 36.1 Å². The summed E-state index contributed by atoms with van der Waals surface area (Å²) in [6.45, 7) is 4.48. The van der Waals surface area contributed by atoms with Crippen molar-refractivity contribution in [3.8, 4) is 0 Å². The molecule has 0 aliphatic carbocycles. The van der Waals surface area contributed by atoms with E-state index >= 15 is 0 Å². The van der Waals surface area contributed by atoms with Crippen molar-refractivity contribution >= 4 is 22.2 Å². The van der Waals surface area contributed by atoms with Gasteiger partial charge in [-0.1, -0.05) is 12.1 Å². The first-order valence-electron chi connectivity index (χ1n) is 6.63. The Balaban J connectivity index is 1.60. The Morgan fingerprint density at radius 1 is 1.25 bits per heavy atom. The van der Waals surface area contributed by atoms with Gasteiger partial charge in [-0.2, -0.15) is 0 Å². The van der Waals surface area contributed by atoms with Crippen molar-refractivity contribution in [2.24, 2.45) is 0 Å². The zero-order chi connectivity index (χ0) is 13.9. The van der Waals surface area contributed by atoms with E-state index in [0.29, 0.717) is 6.54 Å². The maximum Gasteiger partial charge on any atom is 0.185 e. The van der Waals surface area contributed by atoms with E-state index in [4.69, 9.17) is 5.73 Å². The first kappa shape index (κ1) is 13.3. The molecule has 0 atom stereocenters. The third-order valence-electron chi connectivity index (χ3n) is 3.60. The molecular weight excluding hydrogens is 275 g/mol. The zero-order valence-corrected chi connectivity index (χ0v) is 11.9. The zero-order valence-electron chi connectivity index (χ0n) is 11.1. The number of hydrogen-bond acceptors (Lipinski definition) is 5. The van der Waals surface area contributed by atoms with Crippen LogP contribution in [0.25, 0.3) is 0 Å². The van der Waals surface area contributed by atoms with Crippen LogP contribution < -0.4 is 10.6 Å². The van der Waals surface area contributed by atoms with Gasteiger partial charge in [-0.25, -0.2) is 9.37 Å². The van der Waals surface area contributed by atoms with Crippen molar-refractivity contribution in [2.75, 3.05) is 36.8 Å². The molecule has 6 heteroatoms. The minimum atomic E-state index is -0.330. The van der Waals surface area contributed by atoms with Crippen LogP contribution in [-0.2, 0) is 6.54 Å². The molecule has 20 heavy (non-hydrogen) atoms. The molecule has 2 N–H and O–H groups in total. The number of anilines is 2. The Bertz CT molecular complexity index is 565. The van der Waals surface area contributed by atoms with Gasteiger partial charge in [0.25, 0.3) is 0 Å². The average molecular weight is 292 g/mol. The summed E-state index contributed by atoms with van der Waals surface area (Å²) in [7, 11) is 0. The molecule has 1 aliphatic heterocycles. The van der Waals surface area contributed by atoms with Crippen LogP contribution in [0.5, 0.6) is 0 Å². The van der Waals surface area contributed by atoms with Crippen molar-refractivity contribution < 1.29 is 4.39 Å². The lowest BCUT2D eigenvalue weighted by molar-refractivity contribution is 0.250. The number of piperazine rings is 1. The molecule has 106 valence electrons. The molecule has 1 fully saturated rings. The van der Waals surface area contributed by atoms with Crippen LogP contribution >= 0.6 is 11.3 Å². The fourth-order valence-electron chi connectivity index (χ4n) is 2.43. The first-order valence-corrected chi connectivity index (χ1v) is 7.51. The third-order valence-corrected chi connectivity index (χ3v) is 4.43. The lowest BCUT2D eigenvalue weighted by Gasteiger charge is -2.34. The number of halogens is 1. The second-order valence-electron chi connectivity index (χ2n) is 4.89. The van der Waals surface area contributed by atoms with Gasteiger partial charge in [0.15, 0.2) is 5.13 Å². The predicted molar refractivity (Wildman–Crippen MR) is 80.4 cm³/mol. The van der Waals surface area contributed by atoms with Crippen molar-refractivity contribution in [1.82, 2.24) is 9.88 Å². The van der Waals surface area contributed by atoms with E-state index in [0.717, 1.165) is 36.9 Å². The van der Waals surface area contributed by atoms with Crippen LogP contribution in [0.3, 0.4) is 0 Å². The van der Waals surface area contributed by atoms with Crippen LogP contribution in [0.4, 0.5) is 15.2 Å². The fraction of sp³-hybridized carbons (Fsp3) is 0.357. The summed E-state index contributed by atoms with van der Waals surface area (Å²) in [4.78, 5) is 8.92. The molecule has 0 spiro atoms. The SMILES string of the molecule is Nc1c(F)cccc1CN1CCN(c2nccs2)CC1. The topological polar surface area (TPSA) is 45.4 Å². The molecule has 1 aromatic carbocycles. The summed E-state index contributed by atoms with van der Waals surface area (Å²) in [5.41, 5.74) is 6.93. The second kappa shape index (κ2) is 5.76. The van der Waals surface area contributed by atoms with E-state index in [1.165, 1.54) is 6.07 Å². The van der Waals surface area contributed by atoms with E-state index in [2.05, 4.69) is 14.8 Å². The Kier molecular flexibility index (Phi) is 3.84. The van der Waals surface area contributed by atoms with E-state index in [9.17, 15) is 4.39 Å². The molecule has 1 aliphatic rings. The molecule has 2 heterocycles. The van der Waals surface area contributed by atoms with E-state index in [1.807, 2.05) is 17.6 Å². The molecule has 0 unspecified atom stereocenters. The van der Waals surface area contributed by atoms with Gasteiger partial charge in [-0.3, -0.25) is 4.90 Å². The number of aromatic nitrogens is 1. The summed E-state index contributed by atoms with van der Waals surface area (Å²) >= 11 is 1.67. The Hall–Kier alpha value is -1.66. The van der Waals surface area contributed by atoms with Gasteiger partial charge in [0, 0.05) is 44.3 Å². The summed E-state index contributed by atoms with van der Waals surface area (Å²) in [5.74, 6) is -0.330. The van der Waals surface area contributed by atoms with E-state index in [-0.39, 0.29) is 11.5 Å². The number of thiazole rings is 1. The maximum absolute atomic E-state index is 13.4. The van der Waals surface area contributed by atoms with Gasteiger partial charge in [-0.15, -0.1) is 11.3 Å². The lowest BCUT2D eigenvalue weighted by Crippen LogP contribution is -2.46. The molecule has 3 rings (SSSR count). The molecule has 1 aromatic heterocycles. The van der Waals surface area contributed by atoms with Gasteiger partial charge in [0.05, 0.1) is 5.69 Å². The van der Waals surface area contributed by atoms with Gasteiger partial charge >= 0.3 is 0 Å². The van der Waals surface area contributed by atoms with Crippen molar-refractivity contribution in [3.63, 3.8) is 0 Å². The highest BCUT2D eigenvalue weighted by atomic mass is 32.1. The average Bonchev–Trinajstić information content (AvgIpc) is 2.99. The highest BCUT2D eigenvalue weighted by Gasteiger charge is 2.19. The molecule has 1 saturated heterocycles. The number of para-hydroxylation sites is 1. The molecule has 0 amide bonds. The third kappa shape index (κ3) is 2.76. The Labute approximate surface area is 121 Å². The number of rotatable bonds is 3. The Morgan fingerprint density at radius 2 is 2.05 bits per heavy atom. The number of hydrogen-bond donors (Lipinski definition) is 1. The molecular formula is C14H17FN4S. The minimum absolute atomic E-state index is 0.273. The number of benzene rings is 1. The molecule has 0 bridgehead atoms. The number of nitrogen functional groups attached to an aromatic ring is 1. The molecule has 0 radical (unpaired) electrons. The summed E-state index contributed by atoms with van der Waals surface area (Å²) < 4.78 is 13.4. The van der Waals surface area contributed by atoms with Gasteiger partial charge in [0.2, 0.25) is 0 Å². The molecule has 4 nitrogen and oxygen atoms in total. The van der Waals surface area contributed by atoms with Crippen molar-refractivity contribution in [2.45, 2.75) is 6.54 Å². The fourth-order valence-corrected chi connectivity index (χ4v) is 3.13. The Morgan fingerprint density at radius 3 is 2.75 bits per heavy atom. The standard InChI is InChI=1S/C14H17FN4S/c15-12-3-1-2-11(13(12)16)10-18-5-7-19(8-6-18)14-17-4-9-20-14/h1-4,9H,5-8,10,16H2. The highest BCUT2D eigenvalue weighted by Crippen LogP contribution is 2.21. The molecule has 0 saturated carbocycles. The normalized spacial score (nSPS) is 16.6. The van der Waals surface area contributed by atoms with Crippen LogP contribution in [0, 0.1) is 5.82 Å². The summed E-state index contributed by atoms with van der Waals surface area (Å²) in [6, 6.07) is 5.01. The minimum Gasteiger partial charge on any atom is -0.396 e. The first-order chi connectivity index (χ1) is 9.74. The number of nitrogens with two attached hydrogens (primary N) is 1. The quantitative estimate of drug-likeness (QED) is 0.881. The summed E-state index contributed by atoms with van der Waals surface area (Å²) in [6.07, 6.45) is 1.83. The molecule has 2 aromatic rings. The lowest BCUT2D eigenvalue weighted by atomic mass is 10.1. The van der Waals surface area contributed by atoms with Gasteiger partial charge < -0.3 is 10.6 Å². The smallest absolute Gasteiger partial charge is 0.185 e. The predicted octanol–water partition coefficient (Wildman–Crippen LogP) is 2.19. The number of nitrogens with zero attached hydrogens (tertiary/aromatic N) is 3. The van der Waals surface area contributed by atoms with E-state index < -0.39 is 0 Å². The van der Waals surface area contributed by atoms with Crippen LogP contribution in [0.2, 0.25) is 0 Å². The second-order valence-corrected chi connectivity index (χ2v) is 5.76. The van der Waals surface area contributed by atoms with Crippen molar-refractivity contribution in [1.29, 1.82) is 0 Å². The summed E-state index contributed by atoms with van der Waals surface area (Å²) in [5, 5.41) is 3.07. The van der Waals surface area contributed by atoms with Gasteiger partial charge in [0.1, 0.15) is 5.82 Å². The highest BCUT2D eigenvalue weighted by molar-refractivity contribution is 7.13. The van der Waals surface area contributed by atoms with Crippen LogP contribution in [0.15, 0.2) is 29.8 Å². The van der Waals surface area contributed by atoms with Crippen LogP contribution in [0.1, 0.15) is 5.56 Å². The largest absolute Gasteiger partial charge is 0.396 e. The maximum atomic E-state index is 13.4.